The van der Waals surface area contributed by atoms with Crippen LogP contribution in [0.4, 0.5) is 18.9 Å². The van der Waals surface area contributed by atoms with Crippen molar-refractivity contribution in [2.24, 2.45) is 5.92 Å². The van der Waals surface area contributed by atoms with Crippen LogP contribution in [0.5, 0.6) is 0 Å². The van der Waals surface area contributed by atoms with E-state index in [-0.39, 0.29) is 23.2 Å². The highest BCUT2D eigenvalue weighted by Crippen LogP contribution is 2.35. The van der Waals surface area contributed by atoms with Crippen molar-refractivity contribution in [3.8, 4) is 5.69 Å². The maximum Gasteiger partial charge on any atom is 0.418 e. The lowest BCUT2D eigenvalue weighted by atomic mass is 10.1. The van der Waals surface area contributed by atoms with Crippen molar-refractivity contribution >= 4 is 11.6 Å². The van der Waals surface area contributed by atoms with Gasteiger partial charge in [-0.25, -0.2) is 9.67 Å². The van der Waals surface area contributed by atoms with Gasteiger partial charge >= 0.3 is 6.18 Å². The van der Waals surface area contributed by atoms with Gasteiger partial charge in [0.25, 0.3) is 0 Å². The Hall–Kier alpha value is -2.38. The Morgan fingerprint density at radius 3 is 2.57 bits per heavy atom. The highest BCUT2D eigenvalue weighted by molar-refractivity contribution is 5.92. The minimum absolute atomic E-state index is 0.0879. The summed E-state index contributed by atoms with van der Waals surface area (Å²) in [6.07, 6.45) is -2.24. The third kappa shape index (κ3) is 3.39. The summed E-state index contributed by atoms with van der Waals surface area (Å²) in [5, 5.41) is 6.14. The summed E-state index contributed by atoms with van der Waals surface area (Å²) in [5.74, 6) is -0.675. The van der Waals surface area contributed by atoms with Crippen LogP contribution >= 0.6 is 0 Å². The molecule has 1 aromatic heterocycles. The summed E-state index contributed by atoms with van der Waals surface area (Å²) in [6.45, 7) is 3.31. The van der Waals surface area contributed by atoms with Gasteiger partial charge in [0.15, 0.2) is 0 Å². The summed E-state index contributed by atoms with van der Waals surface area (Å²) in [4.78, 5) is 15.2. The first-order chi connectivity index (χ1) is 9.79. The largest absolute Gasteiger partial charge is 0.418 e. The number of alkyl halides is 3. The number of carbonyl (C=O) groups excluding carboxylic acids is 1. The zero-order valence-electron chi connectivity index (χ0n) is 11.3. The average molecular weight is 298 g/mol. The van der Waals surface area contributed by atoms with E-state index in [4.69, 9.17) is 0 Å². The monoisotopic (exact) mass is 298 g/mol. The predicted molar refractivity (Wildman–Crippen MR) is 69.8 cm³/mol. The summed E-state index contributed by atoms with van der Waals surface area (Å²) in [5.41, 5.74) is -0.956. The van der Waals surface area contributed by atoms with E-state index >= 15 is 0 Å². The third-order valence-corrected chi connectivity index (χ3v) is 2.76. The third-order valence-electron chi connectivity index (χ3n) is 2.76. The highest BCUT2D eigenvalue weighted by Gasteiger charge is 2.34. The molecule has 0 spiro atoms. The van der Waals surface area contributed by atoms with E-state index in [9.17, 15) is 18.0 Å². The molecule has 0 saturated heterocycles. The number of aromatic nitrogens is 3. The van der Waals surface area contributed by atoms with Gasteiger partial charge in [0, 0.05) is 11.6 Å². The van der Waals surface area contributed by atoms with Gasteiger partial charge in [-0.3, -0.25) is 4.79 Å². The molecule has 0 saturated carbocycles. The van der Waals surface area contributed by atoms with Crippen LogP contribution in [0.15, 0.2) is 30.9 Å². The van der Waals surface area contributed by atoms with Crippen molar-refractivity contribution < 1.29 is 18.0 Å². The van der Waals surface area contributed by atoms with Gasteiger partial charge in [-0.15, -0.1) is 0 Å². The molecule has 8 heteroatoms. The molecule has 0 aliphatic rings. The number of rotatable bonds is 3. The fourth-order valence-electron chi connectivity index (χ4n) is 1.66. The number of carbonyl (C=O) groups is 1. The Kier molecular flexibility index (Phi) is 3.97. The van der Waals surface area contributed by atoms with Gasteiger partial charge in [0.2, 0.25) is 5.91 Å². The fourth-order valence-corrected chi connectivity index (χ4v) is 1.66. The van der Waals surface area contributed by atoms with Crippen LogP contribution in [0.2, 0.25) is 0 Å². The summed E-state index contributed by atoms with van der Waals surface area (Å²) < 4.78 is 40.5. The van der Waals surface area contributed by atoms with E-state index in [1.54, 1.807) is 13.8 Å². The molecule has 21 heavy (non-hydrogen) atoms. The summed E-state index contributed by atoms with van der Waals surface area (Å²) >= 11 is 0. The Balaban J connectivity index is 2.44. The second-order valence-corrected chi connectivity index (χ2v) is 4.71. The molecule has 1 N–H and O–H groups in total. The molecule has 0 aliphatic carbocycles. The molecule has 0 radical (unpaired) electrons. The Bertz CT molecular complexity index is 635. The van der Waals surface area contributed by atoms with Crippen LogP contribution in [-0.4, -0.2) is 20.7 Å². The number of hydrogen-bond donors (Lipinski definition) is 1. The van der Waals surface area contributed by atoms with Crippen LogP contribution in [0, 0.1) is 5.92 Å². The number of nitrogens with zero attached hydrogens (tertiary/aromatic N) is 3. The SMILES string of the molecule is CC(C)C(=O)Nc1ccc(-n2cncn2)c(C(F)(F)F)c1. The molecule has 0 unspecified atom stereocenters. The molecule has 0 fully saturated rings. The minimum atomic E-state index is -4.57. The Morgan fingerprint density at radius 2 is 2.05 bits per heavy atom. The van der Waals surface area contributed by atoms with Crippen molar-refractivity contribution in [3.05, 3.63) is 36.4 Å². The lowest BCUT2D eigenvalue weighted by Crippen LogP contribution is -2.19. The molecule has 1 amide bonds. The van der Waals surface area contributed by atoms with E-state index in [1.807, 2.05) is 0 Å². The number of hydrogen-bond acceptors (Lipinski definition) is 3. The lowest BCUT2D eigenvalue weighted by Gasteiger charge is -2.15. The quantitative estimate of drug-likeness (QED) is 0.948. The smallest absolute Gasteiger partial charge is 0.326 e. The maximum atomic E-state index is 13.1. The van der Waals surface area contributed by atoms with E-state index < -0.39 is 11.7 Å². The molecule has 1 heterocycles. The Labute approximate surface area is 118 Å². The molecule has 5 nitrogen and oxygen atoms in total. The average Bonchev–Trinajstić information content (AvgIpc) is 2.91. The van der Waals surface area contributed by atoms with Crippen LogP contribution in [0.1, 0.15) is 19.4 Å². The normalized spacial score (nSPS) is 11.7. The first kappa shape index (κ1) is 15.0. The molecule has 0 aliphatic heterocycles. The molecular formula is C13H13F3N4O. The number of benzene rings is 1. The van der Waals surface area contributed by atoms with E-state index in [2.05, 4.69) is 15.4 Å². The van der Waals surface area contributed by atoms with Crippen molar-refractivity contribution in [2.45, 2.75) is 20.0 Å². The van der Waals surface area contributed by atoms with E-state index in [1.165, 1.54) is 18.5 Å². The standard InChI is InChI=1S/C13H13F3N4O/c1-8(2)12(21)19-9-3-4-11(20-7-17-6-18-20)10(5-9)13(14,15)16/h3-8H,1-2H3,(H,19,21). The van der Waals surface area contributed by atoms with Gasteiger partial charge < -0.3 is 5.32 Å². The van der Waals surface area contributed by atoms with Crippen molar-refractivity contribution in [1.29, 1.82) is 0 Å². The second kappa shape index (κ2) is 5.55. The number of amides is 1. The topological polar surface area (TPSA) is 59.8 Å². The van der Waals surface area contributed by atoms with Crippen LogP contribution < -0.4 is 5.32 Å². The number of anilines is 1. The van der Waals surface area contributed by atoms with Gasteiger partial charge in [-0.1, -0.05) is 13.8 Å². The first-order valence-corrected chi connectivity index (χ1v) is 6.16. The molecule has 112 valence electrons. The van der Waals surface area contributed by atoms with E-state index in [0.29, 0.717) is 0 Å². The van der Waals surface area contributed by atoms with E-state index in [0.717, 1.165) is 17.1 Å². The summed E-state index contributed by atoms with van der Waals surface area (Å²) in [6, 6.07) is 3.53. The molecule has 0 bridgehead atoms. The van der Waals surface area contributed by atoms with Gasteiger partial charge in [0.05, 0.1) is 11.3 Å². The van der Waals surface area contributed by atoms with Crippen molar-refractivity contribution in [2.75, 3.05) is 5.32 Å². The second-order valence-electron chi connectivity index (χ2n) is 4.71. The Morgan fingerprint density at radius 1 is 1.33 bits per heavy atom. The van der Waals surface area contributed by atoms with Crippen LogP contribution in [-0.2, 0) is 11.0 Å². The molecule has 0 atom stereocenters. The molecule has 2 rings (SSSR count). The zero-order valence-corrected chi connectivity index (χ0v) is 11.3. The number of halogens is 3. The number of nitrogens with one attached hydrogen (secondary N) is 1. The molecule has 2 aromatic rings. The first-order valence-electron chi connectivity index (χ1n) is 6.16. The van der Waals surface area contributed by atoms with Gasteiger partial charge in [0.1, 0.15) is 12.7 Å². The summed E-state index contributed by atoms with van der Waals surface area (Å²) in [7, 11) is 0. The van der Waals surface area contributed by atoms with Gasteiger partial charge in [-0.2, -0.15) is 18.3 Å². The maximum absolute atomic E-state index is 13.1. The fraction of sp³-hybridized carbons (Fsp3) is 0.308. The van der Waals surface area contributed by atoms with Crippen molar-refractivity contribution in [1.82, 2.24) is 14.8 Å². The molecule has 1 aromatic carbocycles. The lowest BCUT2D eigenvalue weighted by molar-refractivity contribution is -0.137. The molecular weight excluding hydrogens is 285 g/mol. The zero-order chi connectivity index (χ0) is 15.6. The highest BCUT2D eigenvalue weighted by atomic mass is 19.4. The van der Waals surface area contributed by atoms with Crippen molar-refractivity contribution in [3.63, 3.8) is 0 Å². The van der Waals surface area contributed by atoms with Crippen LogP contribution in [0.3, 0.4) is 0 Å². The van der Waals surface area contributed by atoms with Crippen LogP contribution in [0.25, 0.3) is 5.69 Å². The minimum Gasteiger partial charge on any atom is -0.326 e. The van der Waals surface area contributed by atoms with Gasteiger partial charge in [-0.05, 0) is 18.2 Å². The predicted octanol–water partition coefficient (Wildman–Crippen LogP) is 2.88.